The summed E-state index contributed by atoms with van der Waals surface area (Å²) < 4.78 is 0. The van der Waals surface area contributed by atoms with Crippen molar-refractivity contribution < 1.29 is 9.59 Å². The maximum atomic E-state index is 12.7. The molecule has 2 amide bonds. The zero-order valence-corrected chi connectivity index (χ0v) is 14.0. The number of halogens is 1. The second kappa shape index (κ2) is 6.13. The molecule has 5 nitrogen and oxygen atoms in total. The van der Waals surface area contributed by atoms with Gasteiger partial charge in [0.2, 0.25) is 5.91 Å². The lowest BCUT2D eigenvalue weighted by Crippen LogP contribution is -2.42. The van der Waals surface area contributed by atoms with Gasteiger partial charge in [0.15, 0.2) is 0 Å². The van der Waals surface area contributed by atoms with Crippen LogP contribution in [0, 0.1) is 0 Å². The van der Waals surface area contributed by atoms with Gasteiger partial charge < -0.3 is 16.0 Å². The van der Waals surface area contributed by atoms with Crippen molar-refractivity contribution in [3.05, 3.63) is 28.8 Å². The Balaban J connectivity index is 1.73. The monoisotopic (exact) mass is 335 g/mol. The molecule has 2 aliphatic rings. The van der Waals surface area contributed by atoms with Crippen LogP contribution in [0.2, 0.25) is 5.02 Å². The highest BCUT2D eigenvalue weighted by Gasteiger charge is 2.46. The Morgan fingerprint density at radius 2 is 2.09 bits per heavy atom. The normalized spacial score (nSPS) is 22.6. The van der Waals surface area contributed by atoms with Gasteiger partial charge in [-0.15, -0.1) is 0 Å². The minimum absolute atomic E-state index is 0.0439. The van der Waals surface area contributed by atoms with E-state index in [4.69, 9.17) is 17.3 Å². The summed E-state index contributed by atoms with van der Waals surface area (Å²) in [7, 11) is 0. The van der Waals surface area contributed by atoms with Crippen molar-refractivity contribution in [2.75, 3.05) is 11.9 Å². The highest BCUT2D eigenvalue weighted by atomic mass is 35.5. The summed E-state index contributed by atoms with van der Waals surface area (Å²) in [6.45, 7) is 2.83. The van der Waals surface area contributed by atoms with Gasteiger partial charge in [-0.1, -0.05) is 11.6 Å². The molecule has 1 aromatic carbocycles. The molecular formula is C17H22ClN3O2. The van der Waals surface area contributed by atoms with Crippen molar-refractivity contribution in [2.45, 2.75) is 50.6 Å². The van der Waals surface area contributed by atoms with Gasteiger partial charge in [-0.05, 0) is 57.2 Å². The maximum Gasteiger partial charge on any atom is 0.255 e. The number of nitrogens with zero attached hydrogens (tertiary/aromatic N) is 1. The number of carbonyl (C=O) groups is 2. The van der Waals surface area contributed by atoms with Gasteiger partial charge in [0.05, 0.1) is 16.1 Å². The third kappa shape index (κ3) is 3.35. The highest BCUT2D eigenvalue weighted by Crippen LogP contribution is 2.34. The Kier molecular flexibility index (Phi) is 4.34. The molecule has 1 saturated carbocycles. The fourth-order valence-electron chi connectivity index (χ4n) is 2.94. The Bertz CT molecular complexity index is 643. The van der Waals surface area contributed by atoms with Gasteiger partial charge in [-0.25, -0.2) is 0 Å². The van der Waals surface area contributed by atoms with Crippen molar-refractivity contribution in [3.63, 3.8) is 0 Å². The third-order valence-corrected chi connectivity index (χ3v) is 5.07. The van der Waals surface area contributed by atoms with Crippen LogP contribution in [0.1, 0.15) is 49.4 Å². The zero-order valence-electron chi connectivity index (χ0n) is 13.3. The molecule has 1 unspecified atom stereocenters. The van der Waals surface area contributed by atoms with E-state index in [1.807, 2.05) is 4.90 Å². The number of rotatable bonds is 3. The summed E-state index contributed by atoms with van der Waals surface area (Å²) in [5.74, 6) is -0.241. The number of carbonyl (C=O) groups excluding carboxylic acids is 2. The Labute approximate surface area is 141 Å². The van der Waals surface area contributed by atoms with Gasteiger partial charge in [-0.2, -0.15) is 0 Å². The number of anilines is 1. The Morgan fingerprint density at radius 3 is 2.70 bits per heavy atom. The van der Waals surface area contributed by atoms with E-state index in [-0.39, 0.29) is 17.9 Å². The fourth-order valence-corrected chi connectivity index (χ4v) is 3.20. The van der Waals surface area contributed by atoms with Crippen molar-refractivity contribution in [2.24, 2.45) is 5.73 Å². The van der Waals surface area contributed by atoms with Crippen molar-refractivity contribution in [1.29, 1.82) is 0 Å². The molecule has 1 aromatic rings. The van der Waals surface area contributed by atoms with Gasteiger partial charge in [0, 0.05) is 18.3 Å². The van der Waals surface area contributed by atoms with E-state index in [0.29, 0.717) is 29.1 Å². The molecular weight excluding hydrogens is 314 g/mol. The molecule has 1 aliphatic heterocycles. The zero-order chi connectivity index (χ0) is 16.6. The summed E-state index contributed by atoms with van der Waals surface area (Å²) in [4.78, 5) is 26.5. The van der Waals surface area contributed by atoms with E-state index in [1.165, 1.54) is 0 Å². The van der Waals surface area contributed by atoms with Crippen LogP contribution in [0.5, 0.6) is 0 Å². The number of benzene rings is 1. The summed E-state index contributed by atoms with van der Waals surface area (Å²) in [6.07, 6.45) is 4.62. The molecule has 3 rings (SSSR count). The average Bonchev–Trinajstić information content (AvgIpc) is 3.26. The lowest BCUT2D eigenvalue weighted by Gasteiger charge is -2.33. The predicted octanol–water partition coefficient (Wildman–Crippen LogP) is 2.78. The molecule has 1 atom stereocenters. The third-order valence-electron chi connectivity index (χ3n) is 4.76. The Hall–Kier alpha value is -1.59. The van der Waals surface area contributed by atoms with Gasteiger partial charge in [0.1, 0.15) is 0 Å². The minimum Gasteiger partial charge on any atom is -0.336 e. The minimum atomic E-state index is -0.732. The number of nitrogens with two attached hydrogens (primary N) is 1. The summed E-state index contributed by atoms with van der Waals surface area (Å²) in [6, 6.07) is 5.24. The average molecular weight is 336 g/mol. The molecule has 1 heterocycles. The number of hydrogen-bond donors (Lipinski definition) is 2. The van der Waals surface area contributed by atoms with Crippen LogP contribution in [-0.4, -0.2) is 34.8 Å². The van der Waals surface area contributed by atoms with Crippen LogP contribution in [0.15, 0.2) is 18.2 Å². The highest BCUT2D eigenvalue weighted by molar-refractivity contribution is 6.34. The largest absolute Gasteiger partial charge is 0.336 e. The molecule has 23 heavy (non-hydrogen) atoms. The molecule has 3 N–H and O–H groups in total. The standard InChI is InChI=1S/C17H22ClN3O2/c1-11-4-2-3-9-21(11)15(22)13-6-5-12(10-14(13)18)20-16(23)17(19)7-8-17/h5-6,10-11H,2-4,7-9,19H2,1H3,(H,20,23). The number of amides is 2. The molecule has 1 saturated heterocycles. The molecule has 2 fully saturated rings. The molecule has 1 aliphatic carbocycles. The first-order valence-corrected chi connectivity index (χ1v) is 8.49. The van der Waals surface area contributed by atoms with Crippen molar-refractivity contribution in [3.8, 4) is 0 Å². The molecule has 0 aromatic heterocycles. The van der Waals surface area contributed by atoms with E-state index < -0.39 is 5.54 Å². The van der Waals surface area contributed by atoms with E-state index >= 15 is 0 Å². The quantitative estimate of drug-likeness (QED) is 0.891. The lowest BCUT2D eigenvalue weighted by atomic mass is 10.0. The van der Waals surface area contributed by atoms with Crippen LogP contribution >= 0.6 is 11.6 Å². The molecule has 0 radical (unpaired) electrons. The number of hydrogen-bond acceptors (Lipinski definition) is 3. The summed E-state index contributed by atoms with van der Waals surface area (Å²) in [5, 5.41) is 3.12. The second-order valence-electron chi connectivity index (χ2n) is 6.65. The van der Waals surface area contributed by atoms with E-state index in [9.17, 15) is 9.59 Å². The first-order chi connectivity index (χ1) is 10.9. The SMILES string of the molecule is CC1CCCCN1C(=O)c1ccc(NC(=O)C2(N)CC2)cc1Cl. The van der Waals surface area contributed by atoms with Crippen LogP contribution in [0.3, 0.4) is 0 Å². The van der Waals surface area contributed by atoms with Crippen LogP contribution in [0.25, 0.3) is 0 Å². The number of likely N-dealkylation sites (tertiary alicyclic amines) is 1. The van der Waals surface area contributed by atoms with Gasteiger partial charge in [0.25, 0.3) is 5.91 Å². The van der Waals surface area contributed by atoms with Gasteiger partial charge in [-0.3, -0.25) is 9.59 Å². The fraction of sp³-hybridized carbons (Fsp3) is 0.529. The Morgan fingerprint density at radius 1 is 1.35 bits per heavy atom. The first kappa shape index (κ1) is 16.3. The van der Waals surface area contributed by atoms with E-state index in [1.54, 1.807) is 18.2 Å². The van der Waals surface area contributed by atoms with E-state index in [0.717, 1.165) is 25.8 Å². The molecule has 0 bridgehead atoms. The summed E-state index contributed by atoms with van der Waals surface area (Å²) >= 11 is 6.27. The topological polar surface area (TPSA) is 75.4 Å². The molecule has 0 spiro atoms. The van der Waals surface area contributed by atoms with E-state index in [2.05, 4.69) is 12.2 Å². The van der Waals surface area contributed by atoms with Crippen LogP contribution in [-0.2, 0) is 4.79 Å². The number of piperidine rings is 1. The molecule has 124 valence electrons. The van der Waals surface area contributed by atoms with Gasteiger partial charge >= 0.3 is 0 Å². The molecule has 6 heteroatoms. The maximum absolute atomic E-state index is 12.7. The second-order valence-corrected chi connectivity index (χ2v) is 7.06. The summed E-state index contributed by atoms with van der Waals surface area (Å²) in [5.41, 5.74) is 6.18. The predicted molar refractivity (Wildman–Crippen MR) is 90.6 cm³/mol. The van der Waals surface area contributed by atoms with Crippen LogP contribution < -0.4 is 11.1 Å². The first-order valence-electron chi connectivity index (χ1n) is 8.11. The van der Waals surface area contributed by atoms with Crippen molar-refractivity contribution >= 4 is 29.1 Å². The lowest BCUT2D eigenvalue weighted by molar-refractivity contribution is -0.118. The number of nitrogens with one attached hydrogen (secondary N) is 1. The van der Waals surface area contributed by atoms with Crippen molar-refractivity contribution in [1.82, 2.24) is 4.90 Å². The van der Waals surface area contributed by atoms with Crippen LogP contribution in [0.4, 0.5) is 5.69 Å². The smallest absolute Gasteiger partial charge is 0.255 e.